The molecule has 0 spiro atoms. The van der Waals surface area contributed by atoms with E-state index < -0.39 is 9.84 Å². The normalized spacial score (nSPS) is 23.6. The molecule has 1 aliphatic carbocycles. The highest BCUT2D eigenvalue weighted by Gasteiger charge is 2.39. The Morgan fingerprint density at radius 3 is 2.65 bits per heavy atom. The lowest BCUT2D eigenvalue weighted by Crippen LogP contribution is -2.35. The van der Waals surface area contributed by atoms with Crippen LogP contribution in [0, 0.1) is 0 Å². The molecular weight excluding hydrogens is 234 g/mol. The van der Waals surface area contributed by atoms with Gasteiger partial charge in [-0.2, -0.15) is 0 Å². The third-order valence-corrected chi connectivity index (χ3v) is 5.64. The summed E-state index contributed by atoms with van der Waals surface area (Å²) in [5.41, 5.74) is 2.32. The quantitative estimate of drug-likeness (QED) is 0.888. The van der Waals surface area contributed by atoms with E-state index in [0.29, 0.717) is 6.42 Å². The summed E-state index contributed by atoms with van der Waals surface area (Å²) >= 11 is 0. The zero-order valence-electron chi connectivity index (χ0n) is 10.3. The van der Waals surface area contributed by atoms with Crippen LogP contribution >= 0.6 is 0 Å². The summed E-state index contributed by atoms with van der Waals surface area (Å²) in [6.07, 6.45) is 0.643. The van der Waals surface area contributed by atoms with Crippen molar-refractivity contribution in [2.75, 3.05) is 12.3 Å². The van der Waals surface area contributed by atoms with E-state index in [9.17, 15) is 8.42 Å². The molecule has 94 valence electrons. The molecule has 3 nitrogen and oxygen atoms in total. The van der Waals surface area contributed by atoms with Crippen LogP contribution in [0.1, 0.15) is 31.0 Å². The van der Waals surface area contributed by atoms with Crippen molar-refractivity contribution >= 4 is 9.84 Å². The fourth-order valence-corrected chi connectivity index (χ4v) is 4.09. The molecule has 17 heavy (non-hydrogen) atoms. The number of benzene rings is 1. The number of hydrogen-bond acceptors (Lipinski definition) is 3. The molecule has 1 aliphatic rings. The monoisotopic (exact) mass is 253 g/mol. The van der Waals surface area contributed by atoms with E-state index in [1.807, 2.05) is 31.2 Å². The highest BCUT2D eigenvalue weighted by Crippen LogP contribution is 2.35. The molecule has 0 heterocycles. The first-order valence-electron chi connectivity index (χ1n) is 6.13. The van der Waals surface area contributed by atoms with Gasteiger partial charge in [-0.25, -0.2) is 8.42 Å². The van der Waals surface area contributed by atoms with Crippen molar-refractivity contribution in [1.82, 2.24) is 5.32 Å². The summed E-state index contributed by atoms with van der Waals surface area (Å²) in [7, 11) is -3.00. The van der Waals surface area contributed by atoms with Gasteiger partial charge in [-0.1, -0.05) is 38.1 Å². The summed E-state index contributed by atoms with van der Waals surface area (Å²) in [5.74, 6) is 0.216. The van der Waals surface area contributed by atoms with Crippen LogP contribution in [0.4, 0.5) is 0 Å². The fourth-order valence-electron chi connectivity index (χ4n) is 2.57. The zero-order chi connectivity index (χ0) is 12.5. The van der Waals surface area contributed by atoms with Crippen molar-refractivity contribution in [3.63, 3.8) is 0 Å². The molecule has 4 heteroatoms. The lowest BCUT2D eigenvalue weighted by atomic mass is 10.1. The van der Waals surface area contributed by atoms with E-state index >= 15 is 0 Å². The molecule has 2 unspecified atom stereocenters. The van der Waals surface area contributed by atoms with Crippen molar-refractivity contribution in [3.8, 4) is 0 Å². The molecule has 0 radical (unpaired) electrons. The SMILES string of the molecule is CCNC1c2ccccc2CC1S(=O)(=O)CC. The van der Waals surface area contributed by atoms with Crippen LogP contribution in [0.15, 0.2) is 24.3 Å². The molecule has 0 amide bonds. The second kappa shape index (κ2) is 4.78. The van der Waals surface area contributed by atoms with Gasteiger partial charge in [-0.15, -0.1) is 0 Å². The van der Waals surface area contributed by atoms with E-state index in [4.69, 9.17) is 0 Å². The van der Waals surface area contributed by atoms with Crippen molar-refractivity contribution in [3.05, 3.63) is 35.4 Å². The molecule has 1 aromatic carbocycles. The largest absolute Gasteiger partial charge is 0.309 e. The Balaban J connectivity index is 2.40. The highest BCUT2D eigenvalue weighted by atomic mass is 32.2. The van der Waals surface area contributed by atoms with Crippen LogP contribution in [0.25, 0.3) is 0 Å². The Hall–Kier alpha value is -0.870. The van der Waals surface area contributed by atoms with Gasteiger partial charge >= 0.3 is 0 Å². The minimum absolute atomic E-state index is 0.0406. The Morgan fingerprint density at radius 2 is 2.00 bits per heavy atom. The van der Waals surface area contributed by atoms with Gasteiger partial charge in [0.05, 0.1) is 5.25 Å². The first-order valence-corrected chi connectivity index (χ1v) is 7.84. The average molecular weight is 253 g/mol. The van der Waals surface area contributed by atoms with Gasteiger partial charge in [0.2, 0.25) is 0 Å². The Morgan fingerprint density at radius 1 is 1.29 bits per heavy atom. The zero-order valence-corrected chi connectivity index (χ0v) is 11.1. The molecule has 0 saturated carbocycles. The Labute approximate surface area is 103 Å². The fraction of sp³-hybridized carbons (Fsp3) is 0.538. The summed E-state index contributed by atoms with van der Waals surface area (Å²) in [5, 5.41) is 3.01. The topological polar surface area (TPSA) is 46.2 Å². The van der Waals surface area contributed by atoms with Gasteiger partial charge in [0.1, 0.15) is 0 Å². The summed E-state index contributed by atoms with van der Waals surface area (Å²) in [6.45, 7) is 4.52. The van der Waals surface area contributed by atoms with Crippen LogP contribution in [0.3, 0.4) is 0 Å². The number of hydrogen-bond donors (Lipinski definition) is 1. The van der Waals surface area contributed by atoms with E-state index in [-0.39, 0.29) is 17.0 Å². The van der Waals surface area contributed by atoms with Gasteiger partial charge in [0.25, 0.3) is 0 Å². The maximum atomic E-state index is 12.1. The molecule has 2 rings (SSSR count). The molecule has 0 bridgehead atoms. The Bertz CT molecular complexity index is 496. The minimum Gasteiger partial charge on any atom is -0.309 e. The molecule has 0 saturated heterocycles. The number of nitrogens with one attached hydrogen (secondary N) is 1. The second-order valence-corrected chi connectivity index (χ2v) is 6.94. The molecule has 0 aromatic heterocycles. The summed E-state index contributed by atoms with van der Waals surface area (Å²) in [4.78, 5) is 0. The standard InChI is InChI=1S/C13H19NO2S/c1-3-14-13-11-8-6-5-7-10(11)9-12(13)17(15,16)4-2/h5-8,12-14H,3-4,9H2,1-2H3. The third-order valence-electron chi connectivity index (χ3n) is 3.47. The van der Waals surface area contributed by atoms with Crippen molar-refractivity contribution in [2.24, 2.45) is 0 Å². The summed E-state index contributed by atoms with van der Waals surface area (Å²) in [6, 6.07) is 7.98. The predicted molar refractivity (Wildman–Crippen MR) is 69.8 cm³/mol. The number of fused-ring (bicyclic) bond motifs is 1. The van der Waals surface area contributed by atoms with Gasteiger partial charge < -0.3 is 5.32 Å². The maximum Gasteiger partial charge on any atom is 0.155 e. The lowest BCUT2D eigenvalue weighted by Gasteiger charge is -2.20. The second-order valence-electron chi connectivity index (χ2n) is 4.43. The first kappa shape index (κ1) is 12.6. The Kier molecular flexibility index (Phi) is 3.54. The minimum atomic E-state index is -3.00. The van der Waals surface area contributed by atoms with Crippen molar-refractivity contribution in [1.29, 1.82) is 0 Å². The van der Waals surface area contributed by atoms with Crippen LogP contribution in [-0.2, 0) is 16.3 Å². The lowest BCUT2D eigenvalue weighted by molar-refractivity contribution is 0.517. The van der Waals surface area contributed by atoms with Gasteiger partial charge in [0.15, 0.2) is 9.84 Å². The molecule has 1 aromatic rings. The van der Waals surface area contributed by atoms with E-state index in [1.165, 1.54) is 5.56 Å². The van der Waals surface area contributed by atoms with E-state index in [1.54, 1.807) is 6.92 Å². The number of rotatable bonds is 4. The molecule has 2 atom stereocenters. The van der Waals surface area contributed by atoms with Crippen LogP contribution in [0.2, 0.25) is 0 Å². The van der Waals surface area contributed by atoms with Gasteiger partial charge in [-0.3, -0.25) is 0 Å². The van der Waals surface area contributed by atoms with Gasteiger partial charge in [0, 0.05) is 11.8 Å². The van der Waals surface area contributed by atoms with Gasteiger partial charge in [-0.05, 0) is 24.1 Å². The van der Waals surface area contributed by atoms with Crippen molar-refractivity contribution in [2.45, 2.75) is 31.6 Å². The van der Waals surface area contributed by atoms with Crippen molar-refractivity contribution < 1.29 is 8.42 Å². The molecular formula is C13H19NO2S. The average Bonchev–Trinajstić information content (AvgIpc) is 2.70. The van der Waals surface area contributed by atoms with Crippen LogP contribution < -0.4 is 5.32 Å². The number of sulfone groups is 1. The molecule has 0 fully saturated rings. The maximum absolute atomic E-state index is 12.1. The third kappa shape index (κ3) is 2.24. The highest BCUT2D eigenvalue weighted by molar-refractivity contribution is 7.92. The smallest absolute Gasteiger partial charge is 0.155 e. The molecule has 1 N–H and O–H groups in total. The van der Waals surface area contributed by atoms with E-state index in [2.05, 4.69) is 5.32 Å². The van der Waals surface area contributed by atoms with E-state index in [0.717, 1.165) is 12.1 Å². The predicted octanol–water partition coefficient (Wildman–Crippen LogP) is 1.70. The van der Waals surface area contributed by atoms with Crippen LogP contribution in [0.5, 0.6) is 0 Å². The van der Waals surface area contributed by atoms with Crippen LogP contribution in [-0.4, -0.2) is 26.0 Å². The summed E-state index contributed by atoms with van der Waals surface area (Å²) < 4.78 is 24.2. The first-order chi connectivity index (χ1) is 8.10. The molecule has 0 aliphatic heterocycles.